The summed E-state index contributed by atoms with van der Waals surface area (Å²) in [5.41, 5.74) is 1.14. The number of rotatable bonds is 4. The van der Waals surface area contributed by atoms with Crippen LogP contribution >= 0.6 is 0 Å². The fourth-order valence-electron chi connectivity index (χ4n) is 2.32. The van der Waals surface area contributed by atoms with E-state index >= 15 is 0 Å². The van der Waals surface area contributed by atoms with Crippen molar-refractivity contribution in [1.29, 1.82) is 0 Å². The van der Waals surface area contributed by atoms with Crippen LogP contribution in [0.3, 0.4) is 0 Å². The molecule has 0 radical (unpaired) electrons. The number of nitrogens with zero attached hydrogens (tertiary/aromatic N) is 3. The molecule has 0 saturated carbocycles. The van der Waals surface area contributed by atoms with E-state index < -0.39 is 0 Å². The van der Waals surface area contributed by atoms with Crippen molar-refractivity contribution < 1.29 is 0 Å². The summed E-state index contributed by atoms with van der Waals surface area (Å²) in [7, 11) is 1.93. The number of hydrogen-bond donors (Lipinski definition) is 1. The van der Waals surface area contributed by atoms with Gasteiger partial charge in [0.15, 0.2) is 0 Å². The van der Waals surface area contributed by atoms with Gasteiger partial charge in [0.25, 0.3) is 0 Å². The van der Waals surface area contributed by atoms with E-state index in [0.29, 0.717) is 6.04 Å². The lowest BCUT2D eigenvalue weighted by atomic mass is 10.2. The van der Waals surface area contributed by atoms with Gasteiger partial charge < -0.3 is 10.2 Å². The zero-order chi connectivity index (χ0) is 11.4. The van der Waals surface area contributed by atoms with Crippen LogP contribution in [0.2, 0.25) is 0 Å². The zero-order valence-electron chi connectivity index (χ0n) is 10.1. The SMILES string of the molecule is CCC1CCCN1c1ncc(CNC)cn1. The lowest BCUT2D eigenvalue weighted by molar-refractivity contribution is 0.633. The second-order valence-electron chi connectivity index (χ2n) is 4.32. The lowest BCUT2D eigenvalue weighted by Crippen LogP contribution is -2.30. The molecule has 1 aromatic heterocycles. The van der Waals surface area contributed by atoms with Gasteiger partial charge >= 0.3 is 0 Å². The maximum Gasteiger partial charge on any atom is 0.225 e. The number of anilines is 1. The molecule has 0 amide bonds. The van der Waals surface area contributed by atoms with E-state index in [4.69, 9.17) is 0 Å². The lowest BCUT2D eigenvalue weighted by Gasteiger charge is -2.23. The van der Waals surface area contributed by atoms with Crippen LogP contribution < -0.4 is 10.2 Å². The van der Waals surface area contributed by atoms with Gasteiger partial charge in [0.2, 0.25) is 5.95 Å². The second-order valence-corrected chi connectivity index (χ2v) is 4.32. The van der Waals surface area contributed by atoms with Gasteiger partial charge in [-0.05, 0) is 26.3 Å². The third kappa shape index (κ3) is 2.32. The van der Waals surface area contributed by atoms with Gasteiger partial charge in [0.05, 0.1) is 0 Å². The average Bonchev–Trinajstić information content (AvgIpc) is 2.78. The highest BCUT2D eigenvalue weighted by Crippen LogP contribution is 2.23. The summed E-state index contributed by atoms with van der Waals surface area (Å²) < 4.78 is 0. The molecule has 4 heteroatoms. The number of hydrogen-bond acceptors (Lipinski definition) is 4. The molecule has 0 aromatic carbocycles. The minimum absolute atomic E-state index is 0.634. The number of aromatic nitrogens is 2. The quantitative estimate of drug-likeness (QED) is 0.836. The van der Waals surface area contributed by atoms with E-state index in [1.54, 1.807) is 0 Å². The Labute approximate surface area is 97.1 Å². The molecule has 0 spiro atoms. The molecule has 4 nitrogen and oxygen atoms in total. The monoisotopic (exact) mass is 220 g/mol. The predicted octanol–water partition coefficient (Wildman–Crippen LogP) is 1.57. The van der Waals surface area contributed by atoms with Gasteiger partial charge in [-0.1, -0.05) is 6.92 Å². The summed E-state index contributed by atoms with van der Waals surface area (Å²) in [6.07, 6.45) is 7.56. The summed E-state index contributed by atoms with van der Waals surface area (Å²) >= 11 is 0. The van der Waals surface area contributed by atoms with Crippen LogP contribution in [0.15, 0.2) is 12.4 Å². The van der Waals surface area contributed by atoms with Crippen LogP contribution in [0.5, 0.6) is 0 Å². The Kier molecular flexibility index (Phi) is 3.72. The Balaban J connectivity index is 2.08. The van der Waals surface area contributed by atoms with Crippen LogP contribution in [0.4, 0.5) is 5.95 Å². The Hall–Kier alpha value is -1.16. The molecule has 1 unspecified atom stereocenters. The van der Waals surface area contributed by atoms with Gasteiger partial charge in [0, 0.05) is 37.1 Å². The molecule has 1 fully saturated rings. The molecule has 0 aliphatic carbocycles. The standard InChI is InChI=1S/C12H20N4/c1-3-11-5-4-6-16(11)12-14-8-10(7-13-2)9-15-12/h8-9,11,13H,3-7H2,1-2H3. The first kappa shape index (κ1) is 11.3. The van der Waals surface area contributed by atoms with Crippen molar-refractivity contribution in [2.75, 3.05) is 18.5 Å². The molecule has 2 heterocycles. The fraction of sp³-hybridized carbons (Fsp3) is 0.667. The van der Waals surface area contributed by atoms with Crippen LogP contribution in [0.1, 0.15) is 31.7 Å². The van der Waals surface area contributed by atoms with Crippen molar-refractivity contribution in [3.05, 3.63) is 18.0 Å². The molecule has 1 N–H and O–H groups in total. The summed E-state index contributed by atoms with van der Waals surface area (Å²) in [5.74, 6) is 0.893. The van der Waals surface area contributed by atoms with Gasteiger partial charge in [-0.3, -0.25) is 0 Å². The maximum absolute atomic E-state index is 4.45. The summed E-state index contributed by atoms with van der Waals surface area (Å²) in [4.78, 5) is 11.2. The Bertz CT molecular complexity index is 322. The average molecular weight is 220 g/mol. The van der Waals surface area contributed by atoms with Gasteiger partial charge in [0.1, 0.15) is 0 Å². The summed E-state index contributed by atoms with van der Waals surface area (Å²) in [6.45, 7) is 4.17. The summed E-state index contributed by atoms with van der Waals surface area (Å²) in [5, 5.41) is 3.10. The van der Waals surface area contributed by atoms with Gasteiger partial charge in [-0.25, -0.2) is 9.97 Å². The largest absolute Gasteiger partial charge is 0.338 e. The highest BCUT2D eigenvalue weighted by molar-refractivity contribution is 5.33. The topological polar surface area (TPSA) is 41.1 Å². The van der Waals surface area contributed by atoms with Crippen molar-refractivity contribution >= 4 is 5.95 Å². The van der Waals surface area contributed by atoms with E-state index in [0.717, 1.165) is 24.6 Å². The van der Waals surface area contributed by atoms with Gasteiger partial charge in [-0.2, -0.15) is 0 Å². The molecule has 2 rings (SSSR count). The number of nitrogens with one attached hydrogen (secondary N) is 1. The maximum atomic E-state index is 4.45. The third-order valence-corrected chi connectivity index (χ3v) is 3.18. The molecule has 88 valence electrons. The van der Waals surface area contributed by atoms with Crippen molar-refractivity contribution in [2.24, 2.45) is 0 Å². The van der Waals surface area contributed by atoms with Gasteiger partial charge in [-0.15, -0.1) is 0 Å². The Morgan fingerprint density at radius 2 is 2.19 bits per heavy atom. The molecule has 1 aliphatic heterocycles. The highest BCUT2D eigenvalue weighted by Gasteiger charge is 2.24. The first-order chi connectivity index (χ1) is 7.85. The van der Waals surface area contributed by atoms with E-state index in [2.05, 4.69) is 27.1 Å². The molecule has 1 atom stereocenters. The Morgan fingerprint density at radius 3 is 2.81 bits per heavy atom. The molecule has 1 aliphatic rings. The molecular weight excluding hydrogens is 200 g/mol. The van der Waals surface area contributed by atoms with Crippen molar-refractivity contribution in [1.82, 2.24) is 15.3 Å². The van der Waals surface area contributed by atoms with Crippen LogP contribution in [0, 0.1) is 0 Å². The third-order valence-electron chi connectivity index (χ3n) is 3.18. The molecule has 16 heavy (non-hydrogen) atoms. The van der Waals surface area contributed by atoms with E-state index in [9.17, 15) is 0 Å². The summed E-state index contributed by atoms with van der Waals surface area (Å²) in [6, 6.07) is 0.634. The Morgan fingerprint density at radius 1 is 1.44 bits per heavy atom. The smallest absolute Gasteiger partial charge is 0.225 e. The van der Waals surface area contributed by atoms with Crippen LogP contribution in [-0.2, 0) is 6.54 Å². The first-order valence-electron chi connectivity index (χ1n) is 6.07. The second kappa shape index (κ2) is 5.25. The van der Waals surface area contributed by atoms with Crippen LogP contribution in [-0.4, -0.2) is 29.6 Å². The minimum atomic E-state index is 0.634. The predicted molar refractivity (Wildman–Crippen MR) is 65.5 cm³/mol. The minimum Gasteiger partial charge on any atom is -0.338 e. The first-order valence-corrected chi connectivity index (χ1v) is 6.07. The molecule has 1 saturated heterocycles. The van der Waals surface area contributed by atoms with E-state index in [1.807, 2.05) is 19.4 Å². The molecular formula is C12H20N4. The molecule has 1 aromatic rings. The van der Waals surface area contributed by atoms with Crippen molar-refractivity contribution in [2.45, 2.75) is 38.8 Å². The van der Waals surface area contributed by atoms with E-state index in [1.165, 1.54) is 19.3 Å². The van der Waals surface area contributed by atoms with Crippen molar-refractivity contribution in [3.8, 4) is 0 Å². The normalized spacial score (nSPS) is 20.4. The highest BCUT2D eigenvalue weighted by atomic mass is 15.3. The van der Waals surface area contributed by atoms with E-state index in [-0.39, 0.29) is 0 Å². The zero-order valence-corrected chi connectivity index (χ0v) is 10.1. The van der Waals surface area contributed by atoms with Crippen LogP contribution in [0.25, 0.3) is 0 Å². The van der Waals surface area contributed by atoms with Crippen molar-refractivity contribution in [3.63, 3.8) is 0 Å². The fourth-order valence-corrected chi connectivity index (χ4v) is 2.32. The molecule has 0 bridgehead atoms.